The number of nitrogens with one attached hydrogen (secondary N) is 1. The fourth-order valence-corrected chi connectivity index (χ4v) is 2.64. The van der Waals surface area contributed by atoms with Gasteiger partial charge in [-0.3, -0.25) is 4.79 Å². The predicted octanol–water partition coefficient (Wildman–Crippen LogP) is 3.90. The SMILES string of the molecule is [2H]c1c([2H])c(C([2H])([2H])[2H])c([2H])c([2H])c1C(=O)Nc1cc2cc(-c3cnc(C)n3C)ccc2nn1. The lowest BCUT2D eigenvalue weighted by atomic mass is 10.1. The second kappa shape index (κ2) is 6.64. The van der Waals surface area contributed by atoms with Crippen LogP contribution in [0.5, 0.6) is 0 Å². The summed E-state index contributed by atoms with van der Waals surface area (Å²) >= 11 is 0. The number of amides is 1. The number of fused-ring (bicyclic) bond motifs is 1. The van der Waals surface area contributed by atoms with Crippen LogP contribution >= 0.6 is 0 Å². The van der Waals surface area contributed by atoms with Gasteiger partial charge in [0.05, 0.1) is 22.9 Å². The van der Waals surface area contributed by atoms with Gasteiger partial charge < -0.3 is 9.88 Å². The van der Waals surface area contributed by atoms with Gasteiger partial charge in [0.15, 0.2) is 5.82 Å². The lowest BCUT2D eigenvalue weighted by Crippen LogP contribution is -2.13. The first kappa shape index (κ1) is 10.6. The summed E-state index contributed by atoms with van der Waals surface area (Å²) in [7, 11) is 1.90. The summed E-state index contributed by atoms with van der Waals surface area (Å²) < 4.78 is 56.5. The summed E-state index contributed by atoms with van der Waals surface area (Å²) in [5, 5.41) is 11.1. The standard InChI is InChI=1S/C21H19N5O/c1-13-4-6-15(7-5-13)21(27)23-20-11-17-10-16(8-9-18(17)24-25-20)19-12-22-14(2)26(19)3/h4-12H,1-3H3,(H,23,25,27)/i1D3,4D,5D,6D,7D. The van der Waals surface area contributed by atoms with Crippen LogP contribution in [0, 0.1) is 13.8 Å². The number of imidazole rings is 1. The van der Waals surface area contributed by atoms with Crippen molar-refractivity contribution in [1.29, 1.82) is 0 Å². The monoisotopic (exact) mass is 364 g/mol. The maximum absolute atomic E-state index is 12.9. The lowest BCUT2D eigenvalue weighted by molar-refractivity contribution is 0.102. The number of rotatable bonds is 3. The second-order valence-electron chi connectivity index (χ2n) is 5.96. The molecule has 6 nitrogen and oxygen atoms in total. The molecule has 4 aromatic rings. The zero-order valence-corrected chi connectivity index (χ0v) is 14.6. The Morgan fingerprint density at radius 1 is 1.19 bits per heavy atom. The van der Waals surface area contributed by atoms with Crippen molar-refractivity contribution in [2.24, 2.45) is 7.05 Å². The summed E-state index contributed by atoms with van der Waals surface area (Å²) in [5.74, 6) is -0.0749. The second-order valence-corrected chi connectivity index (χ2v) is 5.96. The van der Waals surface area contributed by atoms with Crippen molar-refractivity contribution in [1.82, 2.24) is 19.7 Å². The number of benzene rings is 2. The van der Waals surface area contributed by atoms with E-state index in [4.69, 9.17) is 9.60 Å². The first-order chi connectivity index (χ1) is 15.9. The molecular weight excluding hydrogens is 338 g/mol. The number of hydrogen-bond acceptors (Lipinski definition) is 4. The summed E-state index contributed by atoms with van der Waals surface area (Å²) in [4.78, 5) is 17.1. The minimum Gasteiger partial charge on any atom is -0.331 e. The third kappa shape index (κ3) is 3.29. The molecule has 2 heterocycles. The largest absolute Gasteiger partial charge is 0.331 e. The van der Waals surface area contributed by atoms with Gasteiger partial charge in [0.1, 0.15) is 5.82 Å². The third-order valence-corrected chi connectivity index (χ3v) is 4.20. The number of anilines is 1. The maximum Gasteiger partial charge on any atom is 0.256 e. The number of carbonyl (C=O) groups is 1. The highest BCUT2D eigenvalue weighted by atomic mass is 16.1. The van der Waals surface area contributed by atoms with Crippen molar-refractivity contribution >= 4 is 22.6 Å². The van der Waals surface area contributed by atoms with E-state index < -0.39 is 48.1 Å². The van der Waals surface area contributed by atoms with E-state index in [1.165, 1.54) is 0 Å². The molecule has 0 unspecified atom stereocenters. The molecule has 0 saturated carbocycles. The summed E-state index contributed by atoms with van der Waals surface area (Å²) in [6.45, 7) is -0.970. The van der Waals surface area contributed by atoms with Crippen molar-refractivity contribution in [3.63, 3.8) is 0 Å². The van der Waals surface area contributed by atoms with Gasteiger partial charge in [-0.05, 0) is 44.1 Å². The Morgan fingerprint density at radius 3 is 2.70 bits per heavy atom. The number of aromatic nitrogens is 4. The Kier molecular flexibility index (Phi) is 2.60. The predicted molar refractivity (Wildman–Crippen MR) is 106 cm³/mol. The highest BCUT2D eigenvalue weighted by Crippen LogP contribution is 2.25. The van der Waals surface area contributed by atoms with Crippen LogP contribution in [0.2, 0.25) is 0 Å². The number of aryl methyl sites for hydroxylation is 1. The van der Waals surface area contributed by atoms with Crippen LogP contribution in [-0.4, -0.2) is 25.7 Å². The summed E-state index contributed by atoms with van der Waals surface area (Å²) in [5.41, 5.74) is 1.03. The van der Waals surface area contributed by atoms with Crippen molar-refractivity contribution in [3.05, 3.63) is 71.6 Å². The molecule has 0 radical (unpaired) electrons. The molecule has 0 saturated heterocycles. The van der Waals surface area contributed by atoms with E-state index in [1.807, 2.05) is 30.7 Å². The molecule has 27 heavy (non-hydrogen) atoms. The molecule has 0 bridgehead atoms. The molecule has 1 amide bonds. The molecule has 0 aliphatic rings. The average Bonchev–Trinajstić information content (AvgIpc) is 3.09. The maximum atomic E-state index is 12.9. The Morgan fingerprint density at radius 2 is 2.00 bits per heavy atom. The van der Waals surface area contributed by atoms with Crippen LogP contribution in [0.1, 0.15) is 31.3 Å². The van der Waals surface area contributed by atoms with Gasteiger partial charge in [0.2, 0.25) is 0 Å². The van der Waals surface area contributed by atoms with E-state index in [1.54, 1.807) is 18.3 Å². The van der Waals surface area contributed by atoms with Crippen molar-refractivity contribution in [2.45, 2.75) is 13.8 Å². The van der Waals surface area contributed by atoms with Gasteiger partial charge in [0.25, 0.3) is 5.91 Å². The van der Waals surface area contributed by atoms with Crippen LogP contribution < -0.4 is 5.32 Å². The van der Waals surface area contributed by atoms with E-state index in [2.05, 4.69) is 20.5 Å². The van der Waals surface area contributed by atoms with E-state index in [0.29, 0.717) is 10.9 Å². The molecule has 0 aliphatic carbocycles. The van der Waals surface area contributed by atoms with Crippen LogP contribution in [0.4, 0.5) is 5.82 Å². The van der Waals surface area contributed by atoms with Crippen molar-refractivity contribution in [2.75, 3.05) is 5.32 Å². The minimum atomic E-state index is -2.86. The lowest BCUT2D eigenvalue weighted by Gasteiger charge is -2.07. The van der Waals surface area contributed by atoms with Crippen LogP contribution in [-0.2, 0) is 7.05 Å². The Hall–Kier alpha value is -3.54. The molecular formula is C21H19N5O. The van der Waals surface area contributed by atoms with Crippen LogP contribution in [0.3, 0.4) is 0 Å². The van der Waals surface area contributed by atoms with Crippen LogP contribution in [0.25, 0.3) is 22.2 Å². The first-order valence-electron chi connectivity index (χ1n) is 11.6. The Balaban J connectivity index is 1.72. The van der Waals surface area contributed by atoms with Crippen molar-refractivity contribution in [3.8, 4) is 11.3 Å². The van der Waals surface area contributed by atoms with E-state index in [0.717, 1.165) is 17.1 Å². The molecule has 2 aromatic heterocycles. The molecule has 4 rings (SSSR count). The highest BCUT2D eigenvalue weighted by molar-refractivity contribution is 6.04. The van der Waals surface area contributed by atoms with E-state index in [-0.39, 0.29) is 5.82 Å². The normalized spacial score (nSPS) is 15.1. The Labute approximate surface area is 166 Å². The van der Waals surface area contributed by atoms with E-state index >= 15 is 0 Å². The van der Waals surface area contributed by atoms with Gasteiger partial charge >= 0.3 is 0 Å². The highest BCUT2D eigenvalue weighted by Gasteiger charge is 2.10. The van der Waals surface area contributed by atoms with E-state index in [9.17, 15) is 4.79 Å². The molecule has 134 valence electrons. The van der Waals surface area contributed by atoms with Gasteiger partial charge in [-0.15, -0.1) is 10.2 Å². The smallest absolute Gasteiger partial charge is 0.256 e. The van der Waals surface area contributed by atoms with Crippen molar-refractivity contribution < 1.29 is 14.4 Å². The zero-order valence-electron chi connectivity index (χ0n) is 21.6. The molecule has 0 aliphatic heterocycles. The van der Waals surface area contributed by atoms with Gasteiger partial charge in [-0.25, -0.2) is 4.98 Å². The third-order valence-electron chi connectivity index (χ3n) is 4.20. The number of nitrogens with zero attached hydrogens (tertiary/aromatic N) is 4. The Bertz CT molecular complexity index is 1430. The first-order valence-corrected chi connectivity index (χ1v) is 8.08. The van der Waals surface area contributed by atoms with Gasteiger partial charge in [-0.1, -0.05) is 23.7 Å². The van der Waals surface area contributed by atoms with Gasteiger partial charge in [0, 0.05) is 27.7 Å². The van der Waals surface area contributed by atoms with Crippen LogP contribution in [0.15, 0.2) is 54.6 Å². The zero-order chi connectivity index (χ0) is 24.9. The number of carbonyl (C=O) groups excluding carboxylic acids is 1. The molecule has 6 heteroatoms. The minimum absolute atomic E-state index is 0.0348. The fourth-order valence-electron chi connectivity index (χ4n) is 2.64. The average molecular weight is 364 g/mol. The summed E-state index contributed by atoms with van der Waals surface area (Å²) in [6, 6.07) is 4.03. The topological polar surface area (TPSA) is 72.7 Å². The fraction of sp³-hybridized carbons (Fsp3) is 0.143. The summed E-state index contributed by atoms with van der Waals surface area (Å²) in [6.07, 6.45) is 1.75. The molecule has 0 atom stereocenters. The number of hydrogen-bond donors (Lipinski definition) is 1. The quantitative estimate of drug-likeness (QED) is 0.598. The molecule has 0 spiro atoms. The molecule has 0 fully saturated rings. The van der Waals surface area contributed by atoms with Gasteiger partial charge in [-0.2, -0.15) is 0 Å². The molecule has 2 aromatic carbocycles. The molecule has 1 N–H and O–H groups in total.